The van der Waals surface area contributed by atoms with Crippen LogP contribution in [-0.2, 0) is 0 Å². The molecule has 0 saturated carbocycles. The van der Waals surface area contributed by atoms with Crippen LogP contribution in [0.4, 0.5) is 5.82 Å². The average molecular weight is 244 g/mol. The molecule has 3 rings (SSSR count). The number of ether oxygens (including phenoxy) is 1. The fourth-order valence-corrected chi connectivity index (χ4v) is 2.22. The molecule has 0 aliphatic carbocycles. The molecule has 1 saturated heterocycles. The minimum Gasteiger partial charge on any atom is -0.462 e. The van der Waals surface area contributed by atoms with Gasteiger partial charge in [-0.1, -0.05) is 12.1 Å². The van der Waals surface area contributed by atoms with Gasteiger partial charge in [0.25, 0.3) is 0 Å². The van der Waals surface area contributed by atoms with E-state index in [1.165, 1.54) is 6.42 Å². The summed E-state index contributed by atoms with van der Waals surface area (Å²) in [7, 11) is 0. The third kappa shape index (κ3) is 2.22. The molecule has 0 unspecified atom stereocenters. The molecule has 5 heteroatoms. The van der Waals surface area contributed by atoms with E-state index < -0.39 is 0 Å². The minimum absolute atomic E-state index is 0.361. The van der Waals surface area contributed by atoms with Gasteiger partial charge in [0, 0.05) is 11.4 Å². The molecule has 1 atom stereocenters. The van der Waals surface area contributed by atoms with Crippen molar-refractivity contribution in [3.05, 3.63) is 24.3 Å². The van der Waals surface area contributed by atoms with Crippen LogP contribution in [0.15, 0.2) is 24.3 Å². The third-order valence-electron chi connectivity index (χ3n) is 3.19. The molecule has 1 aliphatic heterocycles. The Hall–Kier alpha value is -1.88. The van der Waals surface area contributed by atoms with E-state index in [-0.39, 0.29) is 0 Å². The van der Waals surface area contributed by atoms with Crippen LogP contribution in [0.2, 0.25) is 0 Å². The van der Waals surface area contributed by atoms with Gasteiger partial charge < -0.3 is 15.8 Å². The first-order valence-electron chi connectivity index (χ1n) is 6.21. The number of hydrogen-bond acceptors (Lipinski definition) is 5. The lowest BCUT2D eigenvalue weighted by atomic mass is 10.2. The molecule has 3 N–H and O–H groups in total. The lowest BCUT2D eigenvalue weighted by Gasteiger charge is -2.11. The summed E-state index contributed by atoms with van der Waals surface area (Å²) in [5, 5.41) is 4.23. The van der Waals surface area contributed by atoms with Gasteiger partial charge in [-0.3, -0.25) is 0 Å². The number of para-hydroxylation sites is 1. The molecule has 5 nitrogen and oxygen atoms in total. The molecule has 0 amide bonds. The Morgan fingerprint density at radius 3 is 3.06 bits per heavy atom. The number of rotatable bonds is 3. The smallest absolute Gasteiger partial charge is 0.318 e. The van der Waals surface area contributed by atoms with Crippen LogP contribution >= 0.6 is 0 Å². The molecule has 0 radical (unpaired) electrons. The van der Waals surface area contributed by atoms with Gasteiger partial charge in [-0.25, -0.2) is 0 Å². The summed E-state index contributed by atoms with van der Waals surface area (Å²) >= 11 is 0. The maximum Gasteiger partial charge on any atom is 0.318 e. The van der Waals surface area contributed by atoms with Crippen molar-refractivity contribution in [2.45, 2.75) is 18.9 Å². The summed E-state index contributed by atoms with van der Waals surface area (Å²) in [5.41, 5.74) is 6.71. The number of aromatic nitrogens is 2. The summed E-state index contributed by atoms with van der Waals surface area (Å²) < 4.78 is 5.61. The lowest BCUT2D eigenvalue weighted by molar-refractivity contribution is 0.258. The minimum atomic E-state index is 0.361. The second-order valence-electron chi connectivity index (χ2n) is 4.51. The Labute approximate surface area is 105 Å². The van der Waals surface area contributed by atoms with Crippen LogP contribution in [0.3, 0.4) is 0 Å². The van der Waals surface area contributed by atoms with E-state index in [1.807, 2.05) is 24.3 Å². The predicted molar refractivity (Wildman–Crippen MR) is 70.5 cm³/mol. The Balaban J connectivity index is 1.79. The molecule has 1 aromatic heterocycles. The monoisotopic (exact) mass is 244 g/mol. The summed E-state index contributed by atoms with van der Waals surface area (Å²) in [4.78, 5) is 8.53. The molecule has 1 fully saturated rings. The molecule has 1 aliphatic rings. The number of anilines is 1. The number of nitrogens with two attached hydrogens (primary N) is 1. The van der Waals surface area contributed by atoms with Gasteiger partial charge >= 0.3 is 6.01 Å². The fraction of sp³-hybridized carbons (Fsp3) is 0.385. The molecular weight excluding hydrogens is 228 g/mol. The highest BCUT2D eigenvalue weighted by Gasteiger charge is 2.15. The van der Waals surface area contributed by atoms with Gasteiger partial charge in [-0.2, -0.15) is 9.97 Å². The molecule has 2 heterocycles. The normalized spacial score (nSPS) is 19.2. The Kier molecular flexibility index (Phi) is 2.98. The standard InChI is InChI=1S/C13H16N4O/c14-12-10-5-1-2-6-11(10)16-13(17-12)18-8-9-4-3-7-15-9/h1-2,5-6,9,15H,3-4,7-8H2,(H2,14,16,17)/t9-/m0/s1. The van der Waals surface area contributed by atoms with Crippen LogP contribution in [-0.4, -0.2) is 29.2 Å². The first-order chi connectivity index (χ1) is 8.83. The zero-order valence-electron chi connectivity index (χ0n) is 10.1. The van der Waals surface area contributed by atoms with Crippen molar-refractivity contribution < 1.29 is 4.74 Å². The lowest BCUT2D eigenvalue weighted by Crippen LogP contribution is -2.28. The molecule has 94 valence electrons. The molecule has 18 heavy (non-hydrogen) atoms. The summed E-state index contributed by atoms with van der Waals surface area (Å²) in [6.07, 6.45) is 2.35. The number of nitrogen functional groups attached to an aromatic ring is 1. The van der Waals surface area contributed by atoms with Crippen molar-refractivity contribution in [3.63, 3.8) is 0 Å². The molecule has 0 spiro atoms. The summed E-state index contributed by atoms with van der Waals surface area (Å²) in [5.74, 6) is 0.468. The van der Waals surface area contributed by atoms with E-state index >= 15 is 0 Å². The first-order valence-corrected chi connectivity index (χ1v) is 6.21. The van der Waals surface area contributed by atoms with Gasteiger partial charge in [-0.05, 0) is 31.5 Å². The van der Waals surface area contributed by atoms with Gasteiger partial charge in [-0.15, -0.1) is 0 Å². The number of nitrogens with zero attached hydrogens (tertiary/aromatic N) is 2. The van der Waals surface area contributed by atoms with Gasteiger partial charge in [0.05, 0.1) is 5.52 Å². The average Bonchev–Trinajstić information content (AvgIpc) is 2.90. The molecule has 2 aromatic rings. The highest BCUT2D eigenvalue weighted by molar-refractivity contribution is 5.88. The third-order valence-corrected chi connectivity index (χ3v) is 3.19. The van der Waals surface area contributed by atoms with E-state index in [0.29, 0.717) is 24.5 Å². The topological polar surface area (TPSA) is 73.1 Å². The molecular formula is C13H16N4O. The van der Waals surface area contributed by atoms with E-state index in [1.54, 1.807) is 0 Å². The van der Waals surface area contributed by atoms with Crippen LogP contribution in [0.25, 0.3) is 10.9 Å². The number of nitrogens with one attached hydrogen (secondary N) is 1. The number of hydrogen-bond donors (Lipinski definition) is 2. The van der Waals surface area contributed by atoms with Crippen molar-refractivity contribution in [2.24, 2.45) is 0 Å². The van der Waals surface area contributed by atoms with Crippen molar-refractivity contribution >= 4 is 16.7 Å². The quantitative estimate of drug-likeness (QED) is 0.852. The highest BCUT2D eigenvalue weighted by Crippen LogP contribution is 2.20. The fourth-order valence-electron chi connectivity index (χ4n) is 2.22. The Morgan fingerprint density at radius 2 is 2.22 bits per heavy atom. The van der Waals surface area contributed by atoms with Crippen LogP contribution in [0.1, 0.15) is 12.8 Å². The second kappa shape index (κ2) is 4.78. The largest absolute Gasteiger partial charge is 0.462 e. The molecule has 1 aromatic carbocycles. The van der Waals surface area contributed by atoms with Crippen molar-refractivity contribution in [3.8, 4) is 6.01 Å². The van der Waals surface area contributed by atoms with Crippen molar-refractivity contribution in [2.75, 3.05) is 18.9 Å². The van der Waals surface area contributed by atoms with Crippen molar-refractivity contribution in [1.29, 1.82) is 0 Å². The zero-order chi connectivity index (χ0) is 12.4. The Morgan fingerprint density at radius 1 is 1.33 bits per heavy atom. The van der Waals surface area contributed by atoms with Crippen LogP contribution < -0.4 is 15.8 Å². The first kappa shape index (κ1) is 11.2. The number of fused-ring (bicyclic) bond motifs is 1. The van der Waals surface area contributed by atoms with E-state index in [4.69, 9.17) is 10.5 Å². The zero-order valence-corrected chi connectivity index (χ0v) is 10.1. The summed E-state index contributed by atoms with van der Waals surface area (Å²) in [6.45, 7) is 1.66. The maximum absolute atomic E-state index is 5.89. The van der Waals surface area contributed by atoms with Crippen LogP contribution in [0.5, 0.6) is 6.01 Å². The maximum atomic E-state index is 5.89. The predicted octanol–water partition coefficient (Wildman–Crippen LogP) is 1.34. The summed E-state index contributed by atoms with van der Waals surface area (Å²) in [6, 6.07) is 8.43. The van der Waals surface area contributed by atoms with Crippen LogP contribution in [0, 0.1) is 0 Å². The van der Waals surface area contributed by atoms with Gasteiger partial charge in [0.2, 0.25) is 0 Å². The molecule has 0 bridgehead atoms. The highest BCUT2D eigenvalue weighted by atomic mass is 16.5. The van der Waals surface area contributed by atoms with E-state index in [0.717, 1.165) is 23.9 Å². The van der Waals surface area contributed by atoms with E-state index in [9.17, 15) is 0 Å². The number of benzene rings is 1. The van der Waals surface area contributed by atoms with Gasteiger partial charge in [0.1, 0.15) is 12.4 Å². The van der Waals surface area contributed by atoms with Gasteiger partial charge in [0.15, 0.2) is 0 Å². The van der Waals surface area contributed by atoms with E-state index in [2.05, 4.69) is 15.3 Å². The SMILES string of the molecule is Nc1nc(OC[C@@H]2CCCN2)nc2ccccc12. The Bertz CT molecular complexity index is 552. The second-order valence-corrected chi connectivity index (χ2v) is 4.51. The van der Waals surface area contributed by atoms with Crippen molar-refractivity contribution in [1.82, 2.24) is 15.3 Å².